The summed E-state index contributed by atoms with van der Waals surface area (Å²) >= 11 is 0. The Kier molecular flexibility index (Phi) is 4.60. The number of esters is 1. The Bertz CT molecular complexity index is 675. The molecule has 0 aliphatic carbocycles. The molecule has 22 heavy (non-hydrogen) atoms. The van der Waals surface area contributed by atoms with Crippen molar-refractivity contribution in [2.45, 2.75) is 13.8 Å². The fourth-order valence-electron chi connectivity index (χ4n) is 2.20. The minimum atomic E-state index is -0.972. The van der Waals surface area contributed by atoms with E-state index in [1.165, 1.54) is 13.2 Å². The lowest BCUT2D eigenvalue weighted by molar-refractivity contribution is -0.145. The number of nitrogens with zero attached hydrogens (tertiary/aromatic N) is 1. The number of allylic oxidation sites excluding steroid dienone is 1. The first-order valence-corrected chi connectivity index (χ1v) is 6.82. The van der Waals surface area contributed by atoms with Gasteiger partial charge in [0.25, 0.3) is 0 Å². The summed E-state index contributed by atoms with van der Waals surface area (Å²) in [7, 11) is 1.24. The number of ketones is 1. The average molecular weight is 303 g/mol. The first-order valence-electron chi connectivity index (χ1n) is 6.82. The van der Waals surface area contributed by atoms with Gasteiger partial charge in [-0.2, -0.15) is 0 Å². The zero-order valence-electron chi connectivity index (χ0n) is 12.6. The van der Waals surface area contributed by atoms with Gasteiger partial charge in [0.15, 0.2) is 17.4 Å². The predicted octanol–water partition coefficient (Wildman–Crippen LogP) is 1.96. The Hall–Kier alpha value is -2.63. The zero-order valence-corrected chi connectivity index (χ0v) is 12.6. The van der Waals surface area contributed by atoms with Crippen LogP contribution in [0.2, 0.25) is 0 Å². The van der Waals surface area contributed by atoms with Crippen LogP contribution < -0.4 is 4.74 Å². The number of rotatable bonds is 4. The molecule has 0 bridgehead atoms. The third-order valence-electron chi connectivity index (χ3n) is 3.25. The Morgan fingerprint density at radius 1 is 1.45 bits per heavy atom. The summed E-state index contributed by atoms with van der Waals surface area (Å²) in [6, 6.07) is 4.72. The average Bonchev–Trinajstić information content (AvgIpc) is 2.76. The van der Waals surface area contributed by atoms with Crippen molar-refractivity contribution in [3.05, 3.63) is 29.5 Å². The van der Waals surface area contributed by atoms with Crippen molar-refractivity contribution < 1.29 is 24.2 Å². The molecule has 0 saturated heterocycles. The Morgan fingerprint density at radius 2 is 2.18 bits per heavy atom. The number of phenols is 1. The minimum Gasteiger partial charge on any atom is -0.504 e. The Morgan fingerprint density at radius 3 is 2.82 bits per heavy atom. The molecule has 1 atom stereocenters. The molecule has 0 spiro atoms. The van der Waals surface area contributed by atoms with Crippen LogP contribution in [0.5, 0.6) is 11.5 Å². The van der Waals surface area contributed by atoms with Crippen molar-refractivity contribution >= 4 is 23.5 Å². The second-order valence-electron chi connectivity index (χ2n) is 4.76. The van der Waals surface area contributed by atoms with Crippen molar-refractivity contribution in [3.63, 3.8) is 0 Å². The van der Waals surface area contributed by atoms with Gasteiger partial charge in [-0.25, -0.2) is 0 Å². The third kappa shape index (κ3) is 3.00. The number of carbonyl (C=O) groups excluding carboxylic acids is 2. The number of carbonyl (C=O) groups is 2. The van der Waals surface area contributed by atoms with Crippen LogP contribution >= 0.6 is 0 Å². The number of aromatic hydroxyl groups is 1. The van der Waals surface area contributed by atoms with Gasteiger partial charge in [-0.15, -0.1) is 0 Å². The molecule has 1 unspecified atom stereocenters. The van der Waals surface area contributed by atoms with Gasteiger partial charge in [0.1, 0.15) is 5.70 Å². The summed E-state index contributed by atoms with van der Waals surface area (Å²) < 4.78 is 9.91. The molecule has 0 saturated carbocycles. The maximum absolute atomic E-state index is 12.2. The number of aliphatic imine (C=N–C) groups is 1. The van der Waals surface area contributed by atoms with Crippen LogP contribution in [0, 0.1) is 5.92 Å². The van der Waals surface area contributed by atoms with E-state index in [0.29, 0.717) is 23.6 Å². The first kappa shape index (κ1) is 15.8. The SMILES string of the molecule is CCOc1cc(/C=C2\N=C(C)C(C(=O)OC)C2=O)ccc1O. The largest absolute Gasteiger partial charge is 0.504 e. The fraction of sp³-hybridized carbons (Fsp3) is 0.312. The topological polar surface area (TPSA) is 85.2 Å². The normalized spacial score (nSPS) is 19.2. The van der Waals surface area contributed by atoms with E-state index in [1.54, 1.807) is 32.1 Å². The number of phenolic OH excluding ortho intramolecular Hbond substituents is 1. The van der Waals surface area contributed by atoms with E-state index < -0.39 is 17.7 Å². The van der Waals surface area contributed by atoms with Crippen LogP contribution in [0.4, 0.5) is 0 Å². The molecule has 6 heteroatoms. The van der Waals surface area contributed by atoms with Gasteiger partial charge in [0.2, 0.25) is 5.78 Å². The van der Waals surface area contributed by atoms with Gasteiger partial charge >= 0.3 is 5.97 Å². The summed E-state index contributed by atoms with van der Waals surface area (Å²) in [5.74, 6) is -1.63. The van der Waals surface area contributed by atoms with Crippen molar-refractivity contribution in [1.29, 1.82) is 0 Å². The summed E-state index contributed by atoms with van der Waals surface area (Å²) in [4.78, 5) is 28.0. The van der Waals surface area contributed by atoms with Gasteiger partial charge in [0, 0.05) is 5.71 Å². The van der Waals surface area contributed by atoms with E-state index in [1.807, 2.05) is 0 Å². The first-order chi connectivity index (χ1) is 10.5. The molecule has 6 nitrogen and oxygen atoms in total. The number of methoxy groups -OCH3 is 1. The molecular formula is C16H17NO5. The van der Waals surface area contributed by atoms with Crippen LogP contribution in [0.3, 0.4) is 0 Å². The lowest BCUT2D eigenvalue weighted by Crippen LogP contribution is -2.27. The highest BCUT2D eigenvalue weighted by Crippen LogP contribution is 2.29. The van der Waals surface area contributed by atoms with E-state index in [4.69, 9.17) is 4.74 Å². The molecule has 1 aromatic carbocycles. The maximum atomic E-state index is 12.2. The van der Waals surface area contributed by atoms with Crippen molar-refractivity contribution in [2.75, 3.05) is 13.7 Å². The molecule has 0 fully saturated rings. The van der Waals surface area contributed by atoms with E-state index in [-0.39, 0.29) is 11.4 Å². The third-order valence-corrected chi connectivity index (χ3v) is 3.25. The number of hydrogen-bond donors (Lipinski definition) is 1. The van der Waals surface area contributed by atoms with Gasteiger partial charge in [-0.3, -0.25) is 14.6 Å². The maximum Gasteiger partial charge on any atom is 0.322 e. The highest BCUT2D eigenvalue weighted by Gasteiger charge is 2.37. The quantitative estimate of drug-likeness (QED) is 0.522. The smallest absolute Gasteiger partial charge is 0.322 e. The molecule has 0 radical (unpaired) electrons. The number of Topliss-reactive ketones (excluding diaryl/α,β-unsaturated/α-hetero) is 1. The second kappa shape index (κ2) is 6.43. The lowest BCUT2D eigenvalue weighted by atomic mass is 10.0. The van der Waals surface area contributed by atoms with Crippen molar-refractivity contribution in [2.24, 2.45) is 10.9 Å². The molecule has 2 rings (SSSR count). The van der Waals surface area contributed by atoms with Crippen molar-refractivity contribution in [3.8, 4) is 11.5 Å². The molecular weight excluding hydrogens is 286 g/mol. The minimum absolute atomic E-state index is 0.0221. The molecule has 1 N–H and O–H groups in total. The number of ether oxygens (including phenoxy) is 2. The van der Waals surface area contributed by atoms with Crippen LogP contribution in [-0.2, 0) is 14.3 Å². The second-order valence-corrected chi connectivity index (χ2v) is 4.76. The summed E-state index contributed by atoms with van der Waals surface area (Å²) in [5.41, 5.74) is 1.24. The van der Waals surface area contributed by atoms with Crippen LogP contribution in [0.1, 0.15) is 19.4 Å². The van der Waals surface area contributed by atoms with E-state index >= 15 is 0 Å². The van der Waals surface area contributed by atoms with Crippen LogP contribution in [0.25, 0.3) is 6.08 Å². The van der Waals surface area contributed by atoms with Crippen LogP contribution in [0.15, 0.2) is 28.9 Å². The van der Waals surface area contributed by atoms with Gasteiger partial charge in [0.05, 0.1) is 13.7 Å². The van der Waals surface area contributed by atoms with Crippen molar-refractivity contribution in [1.82, 2.24) is 0 Å². The monoisotopic (exact) mass is 303 g/mol. The van der Waals surface area contributed by atoms with Gasteiger partial charge in [-0.05, 0) is 37.6 Å². The van der Waals surface area contributed by atoms with Gasteiger partial charge < -0.3 is 14.6 Å². The van der Waals surface area contributed by atoms with Gasteiger partial charge in [-0.1, -0.05) is 6.07 Å². The van der Waals surface area contributed by atoms with E-state index in [2.05, 4.69) is 9.73 Å². The molecule has 1 aromatic rings. The predicted molar refractivity (Wildman–Crippen MR) is 80.9 cm³/mol. The van der Waals surface area contributed by atoms with E-state index in [0.717, 1.165) is 0 Å². The highest BCUT2D eigenvalue weighted by molar-refractivity contribution is 6.28. The zero-order chi connectivity index (χ0) is 16.3. The number of benzene rings is 1. The standard InChI is InChI=1S/C16H17NO5/c1-4-22-13-8-10(5-6-12(13)18)7-11-15(19)14(9(2)17-11)16(20)21-3/h5-8,14,18H,4H2,1-3H3/b11-7-. The number of hydrogen-bond acceptors (Lipinski definition) is 6. The molecule has 1 heterocycles. The molecule has 1 aliphatic rings. The highest BCUT2D eigenvalue weighted by atomic mass is 16.5. The molecule has 116 valence electrons. The molecule has 1 aliphatic heterocycles. The van der Waals surface area contributed by atoms with E-state index in [9.17, 15) is 14.7 Å². The lowest BCUT2D eigenvalue weighted by Gasteiger charge is -2.07. The fourth-order valence-corrected chi connectivity index (χ4v) is 2.20. The summed E-state index contributed by atoms with van der Waals surface area (Å²) in [5, 5.41) is 9.67. The molecule has 0 aromatic heterocycles. The summed E-state index contributed by atoms with van der Waals surface area (Å²) in [6.07, 6.45) is 1.55. The molecule has 0 amide bonds. The Labute approximate surface area is 128 Å². The summed E-state index contributed by atoms with van der Waals surface area (Å²) in [6.45, 7) is 3.83. The van der Waals surface area contributed by atoms with Crippen LogP contribution in [-0.4, -0.2) is 36.3 Å². The Balaban J connectivity index is 2.33.